The Hall–Kier alpha value is -0.290. The molecule has 0 bridgehead atoms. The van der Waals surface area contributed by atoms with Gasteiger partial charge in [-0.15, -0.1) is 0 Å². The Labute approximate surface area is 91.6 Å². The van der Waals surface area contributed by atoms with Crippen molar-refractivity contribution >= 4 is 22.6 Å². The van der Waals surface area contributed by atoms with Crippen LogP contribution < -0.4 is 10.5 Å². The molecule has 3 heteroatoms. The summed E-state index contributed by atoms with van der Waals surface area (Å²) in [6, 6.07) is 4.47. The van der Waals surface area contributed by atoms with Gasteiger partial charge in [0.2, 0.25) is 0 Å². The van der Waals surface area contributed by atoms with Crippen LogP contribution in [0.25, 0.3) is 0 Å². The van der Waals surface area contributed by atoms with Gasteiger partial charge in [0.25, 0.3) is 0 Å². The van der Waals surface area contributed by atoms with E-state index in [2.05, 4.69) is 34.7 Å². The van der Waals surface area contributed by atoms with Crippen LogP contribution in [0.1, 0.15) is 23.6 Å². The van der Waals surface area contributed by atoms with Gasteiger partial charge in [-0.2, -0.15) is 0 Å². The average molecular weight is 289 g/mol. The van der Waals surface area contributed by atoms with E-state index in [0.29, 0.717) is 0 Å². The van der Waals surface area contributed by atoms with Crippen LogP contribution in [0, 0.1) is 3.57 Å². The molecule has 0 heterocycles. The zero-order valence-corrected chi connectivity index (χ0v) is 9.67. The van der Waals surface area contributed by atoms with Crippen LogP contribution in [0.3, 0.4) is 0 Å². The zero-order valence-electron chi connectivity index (χ0n) is 7.51. The lowest BCUT2D eigenvalue weighted by molar-refractivity contribution is 0.411. The van der Waals surface area contributed by atoms with Crippen LogP contribution >= 0.6 is 22.6 Å². The van der Waals surface area contributed by atoms with Gasteiger partial charge in [0.1, 0.15) is 5.75 Å². The van der Waals surface area contributed by atoms with Gasteiger partial charge < -0.3 is 10.5 Å². The SMILES string of the molecule is COc1cc2c(cc1I)CC[C@H]2N. The molecule has 1 aromatic rings. The largest absolute Gasteiger partial charge is 0.496 e. The molecule has 0 amide bonds. The maximum Gasteiger partial charge on any atom is 0.132 e. The number of hydrogen-bond acceptors (Lipinski definition) is 2. The molecule has 0 unspecified atom stereocenters. The van der Waals surface area contributed by atoms with Gasteiger partial charge in [-0.1, -0.05) is 0 Å². The monoisotopic (exact) mass is 289 g/mol. The highest BCUT2D eigenvalue weighted by Crippen LogP contribution is 2.34. The second-order valence-corrected chi connectivity index (χ2v) is 4.49. The van der Waals surface area contributed by atoms with E-state index < -0.39 is 0 Å². The first kappa shape index (κ1) is 9.27. The molecular formula is C10H12INO. The summed E-state index contributed by atoms with van der Waals surface area (Å²) in [5.41, 5.74) is 8.61. The first-order valence-corrected chi connectivity index (χ1v) is 5.42. The number of hydrogen-bond donors (Lipinski definition) is 1. The molecular weight excluding hydrogens is 277 g/mol. The van der Waals surface area contributed by atoms with Crippen molar-refractivity contribution in [3.8, 4) is 5.75 Å². The molecule has 1 aliphatic rings. The molecule has 0 fully saturated rings. The highest BCUT2D eigenvalue weighted by Gasteiger charge is 2.20. The fraction of sp³-hybridized carbons (Fsp3) is 0.400. The lowest BCUT2D eigenvalue weighted by Gasteiger charge is -2.09. The van der Waals surface area contributed by atoms with E-state index >= 15 is 0 Å². The minimum absolute atomic E-state index is 0.209. The molecule has 2 nitrogen and oxygen atoms in total. The topological polar surface area (TPSA) is 35.2 Å². The fourth-order valence-electron chi connectivity index (χ4n) is 1.79. The Morgan fingerprint density at radius 1 is 1.54 bits per heavy atom. The Morgan fingerprint density at radius 2 is 2.31 bits per heavy atom. The molecule has 0 saturated heterocycles. The molecule has 1 aromatic carbocycles. The molecule has 70 valence electrons. The van der Waals surface area contributed by atoms with Crippen LogP contribution in [-0.4, -0.2) is 7.11 Å². The number of aryl methyl sites for hydroxylation is 1. The number of nitrogens with two attached hydrogens (primary N) is 1. The number of methoxy groups -OCH3 is 1. The van der Waals surface area contributed by atoms with Gasteiger partial charge >= 0.3 is 0 Å². The van der Waals surface area contributed by atoms with E-state index in [9.17, 15) is 0 Å². The second kappa shape index (κ2) is 3.46. The summed E-state index contributed by atoms with van der Waals surface area (Å²) < 4.78 is 6.43. The molecule has 1 aliphatic carbocycles. The number of halogens is 1. The molecule has 2 rings (SSSR count). The van der Waals surface area contributed by atoms with Crippen molar-refractivity contribution in [1.82, 2.24) is 0 Å². The van der Waals surface area contributed by atoms with Crippen LogP contribution in [0.5, 0.6) is 5.75 Å². The first-order valence-electron chi connectivity index (χ1n) is 4.34. The van der Waals surface area contributed by atoms with Crippen LogP contribution in [0.2, 0.25) is 0 Å². The van der Waals surface area contributed by atoms with Crippen LogP contribution in [-0.2, 0) is 6.42 Å². The van der Waals surface area contributed by atoms with Crippen molar-refractivity contribution in [1.29, 1.82) is 0 Å². The average Bonchev–Trinajstić information content (AvgIpc) is 2.46. The Balaban J connectivity index is 2.51. The molecule has 0 aromatic heterocycles. The van der Waals surface area contributed by atoms with Gasteiger partial charge in [0, 0.05) is 6.04 Å². The first-order chi connectivity index (χ1) is 6.22. The number of fused-ring (bicyclic) bond motifs is 1. The third-order valence-corrected chi connectivity index (χ3v) is 3.38. The number of rotatable bonds is 1. The summed E-state index contributed by atoms with van der Waals surface area (Å²) in [4.78, 5) is 0. The normalized spacial score (nSPS) is 20.1. The summed E-state index contributed by atoms with van der Waals surface area (Å²) in [6.07, 6.45) is 2.18. The summed E-state index contributed by atoms with van der Waals surface area (Å²) >= 11 is 2.30. The van der Waals surface area contributed by atoms with E-state index in [1.165, 1.54) is 14.7 Å². The molecule has 2 N–H and O–H groups in total. The molecule has 1 atom stereocenters. The predicted octanol–water partition coefficient (Wildman–Crippen LogP) is 2.25. The minimum atomic E-state index is 0.209. The van der Waals surface area contributed by atoms with Gasteiger partial charge in [-0.05, 0) is 58.7 Å². The van der Waals surface area contributed by atoms with Crippen molar-refractivity contribution in [2.45, 2.75) is 18.9 Å². The Morgan fingerprint density at radius 3 is 3.00 bits per heavy atom. The van der Waals surface area contributed by atoms with Crippen molar-refractivity contribution in [3.63, 3.8) is 0 Å². The summed E-state index contributed by atoms with van der Waals surface area (Å²) in [5.74, 6) is 0.941. The van der Waals surface area contributed by atoms with Gasteiger partial charge in [-0.3, -0.25) is 0 Å². The molecule has 0 saturated carbocycles. The third kappa shape index (κ3) is 1.55. The van der Waals surface area contributed by atoms with E-state index in [-0.39, 0.29) is 6.04 Å². The van der Waals surface area contributed by atoms with Crippen molar-refractivity contribution in [3.05, 3.63) is 26.8 Å². The summed E-state index contributed by atoms with van der Waals surface area (Å²) in [7, 11) is 1.70. The highest BCUT2D eigenvalue weighted by atomic mass is 127. The quantitative estimate of drug-likeness (QED) is 0.805. The van der Waals surface area contributed by atoms with Crippen LogP contribution in [0.15, 0.2) is 12.1 Å². The van der Waals surface area contributed by atoms with Crippen molar-refractivity contribution < 1.29 is 4.74 Å². The standard InChI is InChI=1S/C10H12INO/c1-13-10-5-7-6(4-8(10)11)2-3-9(7)12/h4-5,9H,2-3,12H2,1H3/t9-/m1/s1. The molecule has 0 radical (unpaired) electrons. The van der Waals surface area contributed by atoms with E-state index in [4.69, 9.17) is 10.5 Å². The maximum absolute atomic E-state index is 5.96. The third-order valence-electron chi connectivity index (χ3n) is 2.54. The highest BCUT2D eigenvalue weighted by molar-refractivity contribution is 14.1. The number of ether oxygens (including phenoxy) is 1. The second-order valence-electron chi connectivity index (χ2n) is 3.33. The summed E-state index contributed by atoms with van der Waals surface area (Å²) in [5, 5.41) is 0. The van der Waals surface area contributed by atoms with Gasteiger partial charge in [-0.25, -0.2) is 0 Å². The van der Waals surface area contributed by atoms with Crippen LogP contribution in [0.4, 0.5) is 0 Å². The molecule has 0 spiro atoms. The fourth-order valence-corrected chi connectivity index (χ4v) is 2.55. The van der Waals surface area contributed by atoms with E-state index in [1.807, 2.05) is 0 Å². The zero-order chi connectivity index (χ0) is 9.42. The molecule has 13 heavy (non-hydrogen) atoms. The van der Waals surface area contributed by atoms with E-state index in [1.54, 1.807) is 7.11 Å². The van der Waals surface area contributed by atoms with E-state index in [0.717, 1.165) is 18.6 Å². The summed E-state index contributed by atoms with van der Waals surface area (Å²) in [6.45, 7) is 0. The Bertz CT molecular complexity index is 338. The van der Waals surface area contributed by atoms with Crippen molar-refractivity contribution in [2.75, 3.05) is 7.11 Å². The molecule has 0 aliphatic heterocycles. The van der Waals surface area contributed by atoms with Gasteiger partial charge in [0.15, 0.2) is 0 Å². The van der Waals surface area contributed by atoms with Crippen molar-refractivity contribution in [2.24, 2.45) is 5.73 Å². The lowest BCUT2D eigenvalue weighted by atomic mass is 10.1. The van der Waals surface area contributed by atoms with Gasteiger partial charge in [0.05, 0.1) is 10.7 Å². The Kier molecular flexibility index (Phi) is 2.47. The minimum Gasteiger partial charge on any atom is -0.496 e. The predicted molar refractivity (Wildman–Crippen MR) is 61.0 cm³/mol. The maximum atomic E-state index is 5.96. The smallest absolute Gasteiger partial charge is 0.132 e. The number of benzene rings is 1. The lowest BCUT2D eigenvalue weighted by Crippen LogP contribution is -2.05.